The zero-order valence-electron chi connectivity index (χ0n) is 14.2. The summed E-state index contributed by atoms with van der Waals surface area (Å²) in [7, 11) is 1.57. The van der Waals surface area contributed by atoms with Crippen molar-refractivity contribution in [3.63, 3.8) is 0 Å². The van der Waals surface area contributed by atoms with Crippen LogP contribution in [0.25, 0.3) is 11.4 Å². The summed E-state index contributed by atoms with van der Waals surface area (Å²) in [5.41, 5.74) is 2.69. The number of hydrogen-bond donors (Lipinski definition) is 1. The highest BCUT2D eigenvalue weighted by Crippen LogP contribution is 2.23. The van der Waals surface area contributed by atoms with E-state index in [1.54, 1.807) is 19.2 Å². The van der Waals surface area contributed by atoms with Crippen molar-refractivity contribution in [2.75, 3.05) is 12.4 Å². The van der Waals surface area contributed by atoms with Gasteiger partial charge in [-0.15, -0.1) is 0 Å². The van der Waals surface area contributed by atoms with Gasteiger partial charge >= 0.3 is 0 Å². The number of nitrogens with one attached hydrogen (secondary N) is 1. The quantitative estimate of drug-likeness (QED) is 0.743. The Balaban J connectivity index is 1.58. The Kier molecular flexibility index (Phi) is 5.09. The van der Waals surface area contributed by atoms with Crippen LogP contribution in [-0.4, -0.2) is 23.2 Å². The van der Waals surface area contributed by atoms with E-state index in [9.17, 15) is 4.79 Å². The van der Waals surface area contributed by atoms with Crippen LogP contribution in [0, 0.1) is 6.92 Å². The highest BCUT2D eigenvalue weighted by Gasteiger charge is 2.12. The summed E-state index contributed by atoms with van der Waals surface area (Å²) in [6.45, 7) is 2.02. The molecule has 0 saturated carbocycles. The molecule has 1 aromatic heterocycles. The van der Waals surface area contributed by atoms with E-state index in [0.717, 1.165) is 5.56 Å². The van der Waals surface area contributed by atoms with Crippen molar-refractivity contribution in [2.24, 2.45) is 0 Å². The molecule has 0 unspecified atom stereocenters. The molecule has 2 aromatic carbocycles. The highest BCUT2D eigenvalue weighted by atomic mass is 16.5. The van der Waals surface area contributed by atoms with Crippen LogP contribution in [0.1, 0.15) is 17.9 Å². The number of benzene rings is 2. The third-order valence-electron chi connectivity index (χ3n) is 3.72. The van der Waals surface area contributed by atoms with Crippen LogP contribution in [-0.2, 0) is 11.2 Å². The third-order valence-corrected chi connectivity index (χ3v) is 3.72. The Labute approximate surface area is 145 Å². The van der Waals surface area contributed by atoms with Crippen LogP contribution in [0.5, 0.6) is 5.75 Å². The second-order valence-corrected chi connectivity index (χ2v) is 5.63. The van der Waals surface area contributed by atoms with Crippen LogP contribution in [0.4, 0.5) is 5.69 Å². The molecule has 128 valence electrons. The molecule has 0 aliphatic heterocycles. The predicted molar refractivity (Wildman–Crippen MR) is 94.4 cm³/mol. The van der Waals surface area contributed by atoms with Gasteiger partial charge in [0, 0.05) is 18.4 Å². The number of carbonyl (C=O) groups is 1. The van der Waals surface area contributed by atoms with Crippen molar-refractivity contribution in [1.29, 1.82) is 0 Å². The molecule has 1 N–H and O–H groups in total. The van der Waals surface area contributed by atoms with E-state index in [1.807, 2.05) is 43.3 Å². The van der Waals surface area contributed by atoms with Crippen molar-refractivity contribution >= 4 is 11.6 Å². The van der Waals surface area contributed by atoms with Gasteiger partial charge in [0.05, 0.1) is 12.8 Å². The van der Waals surface area contributed by atoms with Gasteiger partial charge in [-0.3, -0.25) is 4.79 Å². The van der Waals surface area contributed by atoms with E-state index in [4.69, 9.17) is 9.26 Å². The Bertz CT molecular complexity index is 856. The molecule has 0 atom stereocenters. The molecule has 0 aliphatic rings. The molecule has 3 rings (SSSR count). The van der Waals surface area contributed by atoms with Gasteiger partial charge in [-0.2, -0.15) is 4.98 Å². The summed E-state index contributed by atoms with van der Waals surface area (Å²) in [6, 6.07) is 15.1. The molecule has 6 heteroatoms. The van der Waals surface area contributed by atoms with Gasteiger partial charge in [0.15, 0.2) is 0 Å². The number of amides is 1. The Morgan fingerprint density at radius 1 is 1.16 bits per heavy atom. The summed E-state index contributed by atoms with van der Waals surface area (Å²) in [4.78, 5) is 16.5. The summed E-state index contributed by atoms with van der Waals surface area (Å²) in [5, 5.41) is 6.79. The minimum atomic E-state index is -0.139. The lowest BCUT2D eigenvalue weighted by molar-refractivity contribution is -0.116. The number of para-hydroxylation sites is 2. The number of aryl methyl sites for hydroxylation is 2. The fraction of sp³-hybridized carbons (Fsp3) is 0.211. The Hall–Kier alpha value is -3.15. The molecular weight excluding hydrogens is 318 g/mol. The fourth-order valence-electron chi connectivity index (χ4n) is 2.36. The average Bonchev–Trinajstić information content (AvgIpc) is 3.10. The Morgan fingerprint density at radius 2 is 1.92 bits per heavy atom. The number of methoxy groups -OCH3 is 1. The van der Waals surface area contributed by atoms with Gasteiger partial charge in [0.2, 0.25) is 17.6 Å². The van der Waals surface area contributed by atoms with E-state index in [1.165, 1.54) is 5.56 Å². The molecular formula is C19H19N3O3. The number of hydrogen-bond acceptors (Lipinski definition) is 5. The first-order chi connectivity index (χ1) is 12.2. The van der Waals surface area contributed by atoms with Crippen LogP contribution < -0.4 is 10.1 Å². The monoisotopic (exact) mass is 337 g/mol. The lowest BCUT2D eigenvalue weighted by Gasteiger charge is -2.08. The number of carbonyl (C=O) groups excluding carboxylic acids is 1. The molecule has 6 nitrogen and oxygen atoms in total. The average molecular weight is 337 g/mol. The topological polar surface area (TPSA) is 77.2 Å². The molecule has 25 heavy (non-hydrogen) atoms. The fourth-order valence-corrected chi connectivity index (χ4v) is 2.36. The van der Waals surface area contributed by atoms with Crippen LogP contribution in [0.15, 0.2) is 53.1 Å². The smallest absolute Gasteiger partial charge is 0.227 e. The molecule has 0 radical (unpaired) electrons. The van der Waals surface area contributed by atoms with E-state index >= 15 is 0 Å². The molecule has 0 fully saturated rings. The number of aromatic nitrogens is 2. The van der Waals surface area contributed by atoms with Crippen molar-refractivity contribution in [2.45, 2.75) is 19.8 Å². The molecule has 1 heterocycles. The minimum Gasteiger partial charge on any atom is -0.495 e. The first-order valence-corrected chi connectivity index (χ1v) is 7.98. The minimum absolute atomic E-state index is 0.139. The van der Waals surface area contributed by atoms with Crippen molar-refractivity contribution in [3.8, 4) is 17.1 Å². The molecule has 3 aromatic rings. The van der Waals surface area contributed by atoms with Crippen molar-refractivity contribution in [1.82, 2.24) is 10.1 Å². The summed E-state index contributed by atoms with van der Waals surface area (Å²) in [5.74, 6) is 1.45. The van der Waals surface area contributed by atoms with E-state index < -0.39 is 0 Å². The number of rotatable bonds is 6. The van der Waals surface area contributed by atoms with Crippen LogP contribution in [0.2, 0.25) is 0 Å². The second kappa shape index (κ2) is 7.61. The number of ether oxygens (including phenoxy) is 1. The molecule has 1 amide bonds. The van der Waals surface area contributed by atoms with E-state index in [0.29, 0.717) is 29.6 Å². The maximum absolute atomic E-state index is 12.1. The molecule has 0 bridgehead atoms. The van der Waals surface area contributed by atoms with Gasteiger partial charge in [0.25, 0.3) is 0 Å². The first kappa shape index (κ1) is 16.7. The largest absolute Gasteiger partial charge is 0.495 e. The van der Waals surface area contributed by atoms with Crippen molar-refractivity contribution < 1.29 is 14.1 Å². The normalized spacial score (nSPS) is 10.5. The van der Waals surface area contributed by atoms with Crippen LogP contribution >= 0.6 is 0 Å². The maximum atomic E-state index is 12.1. The number of anilines is 1. The van der Waals surface area contributed by atoms with E-state index in [-0.39, 0.29) is 12.3 Å². The second-order valence-electron chi connectivity index (χ2n) is 5.63. The van der Waals surface area contributed by atoms with Crippen LogP contribution in [0.3, 0.4) is 0 Å². The SMILES string of the molecule is COc1ccccc1NC(=O)CCc1nc(-c2ccc(C)cc2)no1. The lowest BCUT2D eigenvalue weighted by atomic mass is 10.1. The maximum Gasteiger partial charge on any atom is 0.227 e. The zero-order valence-corrected chi connectivity index (χ0v) is 14.2. The standard InChI is InChI=1S/C19H19N3O3/c1-13-7-9-14(10-8-13)19-21-18(25-22-19)12-11-17(23)20-15-5-3-4-6-16(15)24-2/h3-10H,11-12H2,1-2H3,(H,20,23). The summed E-state index contributed by atoms with van der Waals surface area (Å²) >= 11 is 0. The van der Waals surface area contributed by atoms with Gasteiger partial charge in [0.1, 0.15) is 5.75 Å². The summed E-state index contributed by atoms with van der Waals surface area (Å²) < 4.78 is 10.4. The van der Waals surface area contributed by atoms with Gasteiger partial charge in [-0.1, -0.05) is 47.1 Å². The lowest BCUT2D eigenvalue weighted by Crippen LogP contribution is -2.13. The van der Waals surface area contributed by atoms with Gasteiger partial charge in [-0.05, 0) is 19.1 Å². The predicted octanol–water partition coefficient (Wildman–Crippen LogP) is 3.62. The third kappa shape index (κ3) is 4.23. The zero-order chi connectivity index (χ0) is 17.6. The Morgan fingerprint density at radius 3 is 2.68 bits per heavy atom. The van der Waals surface area contributed by atoms with Gasteiger partial charge < -0.3 is 14.6 Å². The highest BCUT2D eigenvalue weighted by molar-refractivity contribution is 5.92. The van der Waals surface area contributed by atoms with Crippen molar-refractivity contribution in [3.05, 3.63) is 60.0 Å². The molecule has 0 aliphatic carbocycles. The molecule has 0 saturated heterocycles. The number of nitrogens with zero attached hydrogens (tertiary/aromatic N) is 2. The van der Waals surface area contributed by atoms with E-state index in [2.05, 4.69) is 15.5 Å². The van der Waals surface area contributed by atoms with Gasteiger partial charge in [-0.25, -0.2) is 0 Å². The summed E-state index contributed by atoms with van der Waals surface area (Å²) in [6.07, 6.45) is 0.618. The molecule has 0 spiro atoms. The first-order valence-electron chi connectivity index (χ1n) is 7.98.